The van der Waals surface area contributed by atoms with Gasteiger partial charge >= 0.3 is 0 Å². The lowest BCUT2D eigenvalue weighted by Crippen LogP contribution is -2.27. The highest BCUT2D eigenvalue weighted by Crippen LogP contribution is 2.65. The third kappa shape index (κ3) is 6.43. The first-order valence-corrected chi connectivity index (χ1v) is 22.5. The van der Waals surface area contributed by atoms with Gasteiger partial charge in [0, 0.05) is 34.1 Å². The van der Waals surface area contributed by atoms with E-state index in [-0.39, 0.29) is 0 Å². The predicted molar refractivity (Wildman–Crippen MR) is 272 cm³/mol. The molecule has 0 aromatic heterocycles. The van der Waals surface area contributed by atoms with E-state index in [0.29, 0.717) is 11.1 Å². The summed E-state index contributed by atoms with van der Waals surface area (Å²) >= 11 is 0. The second-order valence-corrected chi connectivity index (χ2v) is 17.1. The molecule has 12 rings (SSSR count). The Labute approximate surface area is 390 Å². The minimum atomic E-state index is -0.773. The van der Waals surface area contributed by atoms with Crippen LogP contribution >= 0.6 is 0 Å². The normalized spacial score (nSPS) is 12.3. The van der Waals surface area contributed by atoms with E-state index >= 15 is 0 Å². The highest BCUT2D eigenvalue weighted by atomic mass is 15.1. The topological polar surface area (TPSA) is 54.1 Å². The zero-order valence-corrected chi connectivity index (χ0v) is 36.4. The highest BCUT2D eigenvalue weighted by Gasteiger charge is 2.52. The molecule has 2 aliphatic rings. The Hall–Kier alpha value is -9.22. The summed E-state index contributed by atoms with van der Waals surface area (Å²) in [7, 11) is 0. The van der Waals surface area contributed by atoms with Crippen LogP contribution in [0.15, 0.2) is 243 Å². The average molecular weight is 853 g/mol. The molecule has 67 heavy (non-hydrogen) atoms. The van der Waals surface area contributed by atoms with Crippen LogP contribution in [0.3, 0.4) is 0 Å². The number of hydrogen-bond donors (Lipinski definition) is 0. The van der Waals surface area contributed by atoms with Gasteiger partial charge in [-0.1, -0.05) is 133 Å². The molecule has 0 amide bonds. The fraction of sp³-hybridized carbons (Fsp3) is 0.0159. The van der Waals surface area contributed by atoms with Crippen LogP contribution in [0.1, 0.15) is 33.4 Å². The summed E-state index contributed by atoms with van der Waals surface area (Å²) in [4.78, 5) is 4.71. The van der Waals surface area contributed by atoms with E-state index in [4.69, 9.17) is 0 Å². The summed E-state index contributed by atoms with van der Waals surface area (Å²) in [6.07, 6.45) is 0. The first kappa shape index (κ1) is 39.4. The highest BCUT2D eigenvalue weighted by molar-refractivity contribution is 5.99. The number of para-hydroxylation sites is 4. The standard InChI is InChI=1S/C63H40N4/c64-41-43-21-25-45(26-22-43)47-29-33-55-57-35-31-53(66(49-13-5-1-6-14-49)50-15-7-2-8-16-50)39-61(57)63(59(55)37-47)60-38-48(46-27-23-44(42-65)24-28-46)30-34-56(60)58-36-32-54(40-62(58)63)67(51-17-9-3-10-18-51)52-19-11-4-12-20-52/h1-40H. The van der Waals surface area contributed by atoms with Gasteiger partial charge < -0.3 is 9.80 Å². The average Bonchev–Trinajstić information content (AvgIpc) is 3.86. The van der Waals surface area contributed by atoms with Crippen LogP contribution in [0.25, 0.3) is 44.5 Å². The van der Waals surface area contributed by atoms with E-state index in [1.165, 1.54) is 44.5 Å². The minimum absolute atomic E-state index is 0.630. The zero-order valence-electron chi connectivity index (χ0n) is 36.4. The van der Waals surface area contributed by atoms with Gasteiger partial charge in [-0.15, -0.1) is 0 Å². The number of hydrogen-bond acceptors (Lipinski definition) is 4. The maximum Gasteiger partial charge on any atom is 0.0991 e. The molecule has 4 nitrogen and oxygen atoms in total. The Bertz CT molecular complexity index is 3250. The number of nitrogens with zero attached hydrogens (tertiary/aromatic N) is 4. The molecule has 0 saturated carbocycles. The smallest absolute Gasteiger partial charge is 0.0991 e. The van der Waals surface area contributed by atoms with Crippen molar-refractivity contribution in [2.75, 3.05) is 9.80 Å². The Balaban J connectivity index is 1.18. The van der Waals surface area contributed by atoms with Gasteiger partial charge in [-0.3, -0.25) is 0 Å². The predicted octanol–water partition coefficient (Wildman–Crippen LogP) is 16.0. The second-order valence-electron chi connectivity index (χ2n) is 17.1. The number of nitriles is 2. The molecule has 0 N–H and O–H groups in total. The van der Waals surface area contributed by atoms with E-state index < -0.39 is 5.41 Å². The monoisotopic (exact) mass is 852 g/mol. The van der Waals surface area contributed by atoms with Gasteiger partial charge in [0.25, 0.3) is 0 Å². The van der Waals surface area contributed by atoms with Gasteiger partial charge in [-0.25, -0.2) is 0 Å². The fourth-order valence-corrected chi connectivity index (χ4v) is 10.5. The van der Waals surface area contributed by atoms with E-state index in [1.807, 2.05) is 24.3 Å². The van der Waals surface area contributed by atoms with Crippen molar-refractivity contribution in [1.82, 2.24) is 0 Å². The van der Waals surface area contributed by atoms with Gasteiger partial charge in [0.1, 0.15) is 0 Å². The van der Waals surface area contributed by atoms with Crippen LogP contribution in [-0.2, 0) is 5.41 Å². The molecule has 10 aromatic rings. The molecule has 0 bridgehead atoms. The van der Waals surface area contributed by atoms with Crippen molar-refractivity contribution in [1.29, 1.82) is 10.5 Å². The third-order valence-electron chi connectivity index (χ3n) is 13.5. The van der Waals surface area contributed by atoms with E-state index in [1.54, 1.807) is 0 Å². The van der Waals surface area contributed by atoms with Crippen LogP contribution < -0.4 is 9.80 Å². The fourth-order valence-electron chi connectivity index (χ4n) is 10.5. The molecule has 0 atom stereocenters. The number of rotatable bonds is 8. The summed E-state index contributed by atoms with van der Waals surface area (Å²) < 4.78 is 0. The Morgan fingerprint density at radius 2 is 0.552 bits per heavy atom. The summed E-state index contributed by atoms with van der Waals surface area (Å²) in [5, 5.41) is 19.4. The van der Waals surface area contributed by atoms with Crippen molar-refractivity contribution in [3.05, 3.63) is 276 Å². The number of anilines is 6. The summed E-state index contributed by atoms with van der Waals surface area (Å²) in [5.41, 5.74) is 20.7. The van der Waals surface area contributed by atoms with Crippen molar-refractivity contribution in [2.24, 2.45) is 0 Å². The maximum atomic E-state index is 9.72. The molecule has 4 heteroatoms. The largest absolute Gasteiger partial charge is 0.310 e. The first-order chi connectivity index (χ1) is 33.1. The third-order valence-corrected chi connectivity index (χ3v) is 13.5. The molecule has 0 unspecified atom stereocenters. The molecule has 2 aliphatic carbocycles. The van der Waals surface area contributed by atoms with Crippen molar-refractivity contribution in [3.8, 4) is 56.6 Å². The Morgan fingerprint density at radius 3 is 0.866 bits per heavy atom. The van der Waals surface area contributed by atoms with Crippen LogP contribution in [0, 0.1) is 22.7 Å². The number of benzene rings is 10. The van der Waals surface area contributed by atoms with Crippen molar-refractivity contribution in [2.45, 2.75) is 5.41 Å². The van der Waals surface area contributed by atoms with Gasteiger partial charge in [0.2, 0.25) is 0 Å². The lowest BCUT2D eigenvalue weighted by Gasteiger charge is -2.34. The molecule has 10 aromatic carbocycles. The summed E-state index contributed by atoms with van der Waals surface area (Å²) in [6.45, 7) is 0. The lowest BCUT2D eigenvalue weighted by atomic mass is 9.69. The summed E-state index contributed by atoms with van der Waals surface area (Å²) in [5.74, 6) is 0. The minimum Gasteiger partial charge on any atom is -0.310 e. The second kappa shape index (κ2) is 16.1. The number of fused-ring (bicyclic) bond motifs is 10. The van der Waals surface area contributed by atoms with E-state index in [0.717, 1.165) is 56.4 Å². The molecule has 0 aliphatic heterocycles. The maximum absolute atomic E-state index is 9.72. The van der Waals surface area contributed by atoms with Crippen molar-refractivity contribution < 1.29 is 0 Å². The van der Waals surface area contributed by atoms with Crippen LogP contribution in [0.2, 0.25) is 0 Å². The summed E-state index contributed by atoms with van der Waals surface area (Å²) in [6, 6.07) is 90.8. The van der Waals surface area contributed by atoms with E-state index in [2.05, 4.69) is 240 Å². The van der Waals surface area contributed by atoms with Gasteiger partial charge in [0.05, 0.1) is 28.7 Å². The Morgan fingerprint density at radius 1 is 0.269 bits per heavy atom. The van der Waals surface area contributed by atoms with Crippen LogP contribution in [-0.4, -0.2) is 0 Å². The quantitative estimate of drug-likeness (QED) is 0.153. The molecule has 312 valence electrons. The zero-order chi connectivity index (χ0) is 44.9. The van der Waals surface area contributed by atoms with Gasteiger partial charge in [-0.2, -0.15) is 10.5 Å². The van der Waals surface area contributed by atoms with Crippen molar-refractivity contribution >= 4 is 34.1 Å². The van der Waals surface area contributed by atoms with Crippen LogP contribution in [0.4, 0.5) is 34.1 Å². The molecular formula is C63H40N4. The molecule has 1 spiro atoms. The van der Waals surface area contributed by atoms with Crippen LogP contribution in [0.5, 0.6) is 0 Å². The van der Waals surface area contributed by atoms with Crippen molar-refractivity contribution in [3.63, 3.8) is 0 Å². The molecule has 0 saturated heterocycles. The Kier molecular flexibility index (Phi) is 9.46. The SMILES string of the molecule is N#Cc1ccc(-c2ccc3c(c2)C2(c4cc(-c5ccc(C#N)cc5)ccc4-c4ccc(N(c5ccccc5)c5ccccc5)cc42)c2cc(N(c4ccccc4)c4ccccc4)ccc2-3)cc1. The molecule has 0 fully saturated rings. The molecule has 0 heterocycles. The van der Waals surface area contributed by atoms with Gasteiger partial charge in [-0.05, 0) is 176 Å². The van der Waals surface area contributed by atoms with Gasteiger partial charge in [0.15, 0.2) is 0 Å². The molecular weight excluding hydrogens is 813 g/mol. The lowest BCUT2D eigenvalue weighted by molar-refractivity contribution is 0.794. The molecule has 0 radical (unpaired) electrons. The van der Waals surface area contributed by atoms with E-state index in [9.17, 15) is 10.5 Å². The first-order valence-electron chi connectivity index (χ1n) is 22.5.